The van der Waals surface area contributed by atoms with Gasteiger partial charge in [-0.25, -0.2) is 0 Å². The average molecular weight is 366 g/mol. The van der Waals surface area contributed by atoms with Crippen LogP contribution in [0.5, 0.6) is 17.2 Å². The summed E-state index contributed by atoms with van der Waals surface area (Å²) in [7, 11) is 1.62. The lowest BCUT2D eigenvalue weighted by molar-refractivity contribution is 0.171. The Balaban J connectivity index is 1.99. The molecule has 0 aliphatic carbocycles. The summed E-state index contributed by atoms with van der Waals surface area (Å²) in [6, 6.07) is 7.46. The van der Waals surface area contributed by atoms with Gasteiger partial charge in [-0.05, 0) is 55.2 Å². The third-order valence-corrected chi connectivity index (χ3v) is 5.01. The first-order valence-corrected chi connectivity index (χ1v) is 9.08. The molecule has 0 saturated carbocycles. The molecule has 0 saturated heterocycles. The number of rotatable bonds is 3. The second-order valence-corrected chi connectivity index (χ2v) is 6.69. The summed E-state index contributed by atoms with van der Waals surface area (Å²) in [6.07, 6.45) is 0.769. The van der Waals surface area contributed by atoms with E-state index < -0.39 is 0 Å². The van der Waals surface area contributed by atoms with E-state index in [0.717, 1.165) is 28.9 Å². The summed E-state index contributed by atoms with van der Waals surface area (Å²) >= 11 is 0. The molecule has 5 heteroatoms. The Hall–Kier alpha value is -2.95. The van der Waals surface area contributed by atoms with E-state index in [0.29, 0.717) is 47.0 Å². The van der Waals surface area contributed by atoms with E-state index in [9.17, 15) is 4.79 Å². The Labute approximate surface area is 157 Å². The van der Waals surface area contributed by atoms with E-state index in [2.05, 4.69) is 0 Å². The highest BCUT2D eigenvalue weighted by molar-refractivity contribution is 5.86. The van der Waals surface area contributed by atoms with Crippen molar-refractivity contribution in [3.05, 3.63) is 51.4 Å². The monoisotopic (exact) mass is 366 g/mol. The van der Waals surface area contributed by atoms with Gasteiger partial charge in [-0.3, -0.25) is 4.79 Å². The summed E-state index contributed by atoms with van der Waals surface area (Å²) in [5, 5.41) is 0.558. The van der Waals surface area contributed by atoms with Crippen LogP contribution < -0.4 is 19.6 Å². The zero-order chi connectivity index (χ0) is 19.1. The molecule has 0 spiro atoms. The van der Waals surface area contributed by atoms with Crippen molar-refractivity contribution in [2.75, 3.05) is 20.3 Å². The van der Waals surface area contributed by atoms with Crippen LogP contribution in [-0.4, -0.2) is 20.3 Å². The molecule has 5 nitrogen and oxygen atoms in total. The van der Waals surface area contributed by atoms with Crippen LogP contribution >= 0.6 is 0 Å². The number of methoxy groups -OCH3 is 1. The first-order chi connectivity index (χ1) is 13.0. The van der Waals surface area contributed by atoms with Gasteiger partial charge < -0.3 is 18.6 Å². The van der Waals surface area contributed by atoms with Crippen molar-refractivity contribution in [1.29, 1.82) is 0 Å². The number of ether oxygens (including phenoxy) is 3. The Morgan fingerprint density at radius 3 is 2.41 bits per heavy atom. The molecule has 1 aliphatic heterocycles. The lowest BCUT2D eigenvalue weighted by Gasteiger charge is -2.20. The second kappa shape index (κ2) is 6.65. The van der Waals surface area contributed by atoms with Crippen molar-refractivity contribution in [1.82, 2.24) is 0 Å². The minimum atomic E-state index is -0.0501. The summed E-state index contributed by atoms with van der Waals surface area (Å²) in [6.45, 7) is 6.84. The van der Waals surface area contributed by atoms with Gasteiger partial charge >= 0.3 is 0 Å². The van der Waals surface area contributed by atoms with E-state index in [4.69, 9.17) is 18.6 Å². The third kappa shape index (κ3) is 2.83. The number of hydrogen-bond acceptors (Lipinski definition) is 5. The van der Waals surface area contributed by atoms with Crippen molar-refractivity contribution in [3.63, 3.8) is 0 Å². The van der Waals surface area contributed by atoms with E-state index in [-0.39, 0.29) is 5.43 Å². The molecule has 140 valence electrons. The van der Waals surface area contributed by atoms with Crippen molar-refractivity contribution in [2.24, 2.45) is 0 Å². The largest absolute Gasteiger partial charge is 0.496 e. The molecule has 2 aromatic carbocycles. The van der Waals surface area contributed by atoms with Crippen molar-refractivity contribution >= 4 is 11.0 Å². The standard InChI is InChI=1S/C22H22O5/c1-5-14-9-16-18(11-17(14)24-4)27-13(3)21(22(16)23)15-10-20-19(8-12(15)2)25-6-7-26-20/h8-11H,5-7H2,1-4H3. The van der Waals surface area contributed by atoms with Crippen LogP contribution in [-0.2, 0) is 6.42 Å². The molecule has 1 aromatic heterocycles. The fourth-order valence-corrected chi connectivity index (χ4v) is 3.62. The minimum Gasteiger partial charge on any atom is -0.496 e. The van der Waals surface area contributed by atoms with Gasteiger partial charge in [-0.15, -0.1) is 0 Å². The third-order valence-electron chi connectivity index (χ3n) is 5.01. The second-order valence-electron chi connectivity index (χ2n) is 6.69. The van der Waals surface area contributed by atoms with Crippen molar-refractivity contribution in [3.8, 4) is 28.4 Å². The molecule has 4 rings (SSSR count). The molecule has 0 atom stereocenters. The van der Waals surface area contributed by atoms with Crippen LogP contribution in [0.15, 0.2) is 33.5 Å². The van der Waals surface area contributed by atoms with Gasteiger partial charge in [-0.1, -0.05) is 6.92 Å². The molecule has 0 unspecified atom stereocenters. The Morgan fingerprint density at radius 2 is 1.74 bits per heavy atom. The number of fused-ring (bicyclic) bond motifs is 2. The predicted molar refractivity (Wildman–Crippen MR) is 104 cm³/mol. The zero-order valence-corrected chi connectivity index (χ0v) is 16.0. The summed E-state index contributed by atoms with van der Waals surface area (Å²) in [5.41, 5.74) is 3.77. The molecule has 0 fully saturated rings. The van der Waals surface area contributed by atoms with Gasteiger partial charge in [-0.2, -0.15) is 0 Å². The lowest BCUT2D eigenvalue weighted by atomic mass is 9.96. The van der Waals surface area contributed by atoms with Crippen molar-refractivity contribution < 1.29 is 18.6 Å². The molecule has 0 bridgehead atoms. The summed E-state index contributed by atoms with van der Waals surface area (Å²) < 4.78 is 22.8. The van der Waals surface area contributed by atoms with Crippen LogP contribution in [0.1, 0.15) is 23.8 Å². The van der Waals surface area contributed by atoms with Crippen LogP contribution in [0.3, 0.4) is 0 Å². The van der Waals surface area contributed by atoms with Crippen LogP contribution in [0, 0.1) is 13.8 Å². The molecule has 27 heavy (non-hydrogen) atoms. The molecule has 0 N–H and O–H groups in total. The number of aryl methyl sites for hydroxylation is 3. The van der Waals surface area contributed by atoms with Gasteiger partial charge in [0.15, 0.2) is 11.5 Å². The van der Waals surface area contributed by atoms with Gasteiger partial charge in [0.1, 0.15) is 30.3 Å². The molecule has 2 heterocycles. The smallest absolute Gasteiger partial charge is 0.200 e. The highest BCUT2D eigenvalue weighted by atomic mass is 16.6. The summed E-state index contributed by atoms with van der Waals surface area (Å²) in [4.78, 5) is 13.4. The Kier molecular flexibility index (Phi) is 4.30. The van der Waals surface area contributed by atoms with Gasteiger partial charge in [0.25, 0.3) is 0 Å². The normalized spacial score (nSPS) is 13.0. The van der Waals surface area contributed by atoms with Crippen LogP contribution in [0.4, 0.5) is 0 Å². The van der Waals surface area contributed by atoms with Gasteiger partial charge in [0.05, 0.1) is 18.1 Å². The van der Waals surface area contributed by atoms with E-state index in [1.165, 1.54) is 0 Å². The first kappa shape index (κ1) is 17.5. The van der Waals surface area contributed by atoms with Crippen LogP contribution in [0.25, 0.3) is 22.1 Å². The number of benzene rings is 2. The molecule has 1 aliphatic rings. The fourth-order valence-electron chi connectivity index (χ4n) is 3.62. The molecule has 0 radical (unpaired) electrons. The van der Waals surface area contributed by atoms with E-state index >= 15 is 0 Å². The lowest BCUT2D eigenvalue weighted by Crippen LogP contribution is -2.16. The topological polar surface area (TPSA) is 57.9 Å². The molecule has 0 amide bonds. The molecular formula is C22H22O5. The maximum Gasteiger partial charge on any atom is 0.200 e. The average Bonchev–Trinajstić information content (AvgIpc) is 2.67. The van der Waals surface area contributed by atoms with Gasteiger partial charge in [0.2, 0.25) is 5.43 Å². The van der Waals surface area contributed by atoms with E-state index in [1.807, 2.05) is 39.0 Å². The highest BCUT2D eigenvalue weighted by Gasteiger charge is 2.21. The molecular weight excluding hydrogens is 344 g/mol. The quantitative estimate of drug-likeness (QED) is 0.687. The number of hydrogen-bond donors (Lipinski definition) is 0. The summed E-state index contributed by atoms with van der Waals surface area (Å²) in [5.74, 6) is 2.67. The highest BCUT2D eigenvalue weighted by Crippen LogP contribution is 2.38. The Bertz CT molecular complexity index is 1090. The SMILES string of the molecule is CCc1cc2c(=O)c(-c3cc4c(cc3C)OCCO4)c(C)oc2cc1OC. The Morgan fingerprint density at radius 1 is 1.04 bits per heavy atom. The fraction of sp³-hybridized carbons (Fsp3) is 0.318. The van der Waals surface area contributed by atoms with Gasteiger partial charge in [0, 0.05) is 6.07 Å². The van der Waals surface area contributed by atoms with Crippen LogP contribution in [0.2, 0.25) is 0 Å². The minimum absolute atomic E-state index is 0.0501. The van der Waals surface area contributed by atoms with Crippen molar-refractivity contribution in [2.45, 2.75) is 27.2 Å². The first-order valence-electron chi connectivity index (χ1n) is 9.08. The molecule has 3 aromatic rings. The van der Waals surface area contributed by atoms with E-state index in [1.54, 1.807) is 13.2 Å². The maximum atomic E-state index is 13.4. The zero-order valence-electron chi connectivity index (χ0n) is 16.0. The predicted octanol–water partition coefficient (Wildman–Crippen LogP) is 4.42. The maximum absolute atomic E-state index is 13.4.